The third kappa shape index (κ3) is 1.54. The van der Waals surface area contributed by atoms with E-state index in [1.165, 1.54) is 0 Å². The summed E-state index contributed by atoms with van der Waals surface area (Å²) in [5.74, 6) is -0.932. The van der Waals surface area contributed by atoms with Crippen molar-refractivity contribution in [2.24, 2.45) is 17.1 Å². The lowest BCUT2D eigenvalue weighted by molar-refractivity contribution is 0.547. The fraction of sp³-hybridized carbons (Fsp3) is 0.500. The molecular formula is C12H14ClF2N. The first-order valence-corrected chi connectivity index (χ1v) is 5.62. The molecule has 1 saturated carbocycles. The van der Waals surface area contributed by atoms with Crippen molar-refractivity contribution in [2.75, 3.05) is 6.54 Å². The van der Waals surface area contributed by atoms with Crippen molar-refractivity contribution in [3.05, 3.63) is 34.4 Å². The van der Waals surface area contributed by atoms with Crippen LogP contribution in [0.15, 0.2) is 12.1 Å². The van der Waals surface area contributed by atoms with Crippen LogP contribution >= 0.6 is 11.6 Å². The zero-order valence-electron chi connectivity index (χ0n) is 9.23. The van der Waals surface area contributed by atoms with E-state index in [2.05, 4.69) is 0 Å². The Labute approximate surface area is 98.6 Å². The van der Waals surface area contributed by atoms with E-state index in [-0.39, 0.29) is 27.8 Å². The number of hydrogen-bond donors (Lipinski definition) is 1. The Hall–Kier alpha value is -0.670. The van der Waals surface area contributed by atoms with Crippen LogP contribution in [0, 0.1) is 23.0 Å². The average Bonchev–Trinajstić information content (AvgIpc) is 2.75. The number of benzene rings is 1. The van der Waals surface area contributed by atoms with Gasteiger partial charge in [0, 0.05) is 5.56 Å². The van der Waals surface area contributed by atoms with Crippen molar-refractivity contribution < 1.29 is 8.78 Å². The molecule has 0 saturated heterocycles. The molecule has 0 bridgehead atoms. The van der Waals surface area contributed by atoms with Crippen LogP contribution in [0.1, 0.15) is 25.3 Å². The SMILES string of the molecule is CC1(C)[C@H](CN)[C@H]1c1c(F)ccc(F)c1Cl. The zero-order valence-corrected chi connectivity index (χ0v) is 9.98. The van der Waals surface area contributed by atoms with Gasteiger partial charge in [-0.25, -0.2) is 8.78 Å². The number of rotatable bonds is 2. The van der Waals surface area contributed by atoms with Crippen LogP contribution < -0.4 is 5.73 Å². The third-order valence-electron chi connectivity index (χ3n) is 3.69. The highest BCUT2D eigenvalue weighted by atomic mass is 35.5. The maximum atomic E-state index is 13.7. The van der Waals surface area contributed by atoms with Gasteiger partial charge in [0.1, 0.15) is 11.6 Å². The molecule has 2 N–H and O–H groups in total. The molecule has 0 amide bonds. The lowest BCUT2D eigenvalue weighted by atomic mass is 10.0. The lowest BCUT2D eigenvalue weighted by Gasteiger charge is -2.08. The minimum Gasteiger partial charge on any atom is -0.330 e. The average molecular weight is 246 g/mol. The Morgan fingerprint density at radius 3 is 2.38 bits per heavy atom. The fourth-order valence-corrected chi connectivity index (χ4v) is 2.86. The molecule has 0 aromatic heterocycles. The van der Waals surface area contributed by atoms with E-state index < -0.39 is 11.6 Å². The standard InChI is InChI=1S/C12H14ClF2N/c1-12(2)6(5-16)10(12)9-7(14)3-4-8(15)11(9)13/h3-4,6,10H,5,16H2,1-2H3/t6-,10+/m1/s1. The molecular weight excluding hydrogens is 232 g/mol. The molecule has 0 aliphatic heterocycles. The van der Waals surface area contributed by atoms with E-state index in [4.69, 9.17) is 17.3 Å². The number of nitrogens with two attached hydrogens (primary N) is 1. The molecule has 4 heteroatoms. The van der Waals surface area contributed by atoms with Gasteiger partial charge in [-0.3, -0.25) is 0 Å². The Kier molecular flexibility index (Phi) is 2.71. The quantitative estimate of drug-likeness (QED) is 0.795. The Morgan fingerprint density at radius 1 is 1.31 bits per heavy atom. The van der Waals surface area contributed by atoms with E-state index in [1.807, 2.05) is 13.8 Å². The van der Waals surface area contributed by atoms with Crippen LogP contribution in [0.4, 0.5) is 8.78 Å². The summed E-state index contributed by atoms with van der Waals surface area (Å²) in [5.41, 5.74) is 5.79. The van der Waals surface area contributed by atoms with Crippen LogP contribution in [-0.4, -0.2) is 6.54 Å². The molecule has 1 aromatic carbocycles. The fourth-order valence-electron chi connectivity index (χ4n) is 2.58. The highest BCUT2D eigenvalue weighted by Crippen LogP contribution is 2.65. The summed E-state index contributed by atoms with van der Waals surface area (Å²) in [5, 5.41) is -0.103. The normalized spacial score (nSPS) is 26.9. The first-order chi connectivity index (χ1) is 7.41. The second-order valence-electron chi connectivity index (χ2n) is 4.90. The van der Waals surface area contributed by atoms with E-state index in [1.54, 1.807) is 0 Å². The summed E-state index contributed by atoms with van der Waals surface area (Å²) in [6.45, 7) is 4.45. The Morgan fingerprint density at radius 2 is 1.88 bits per heavy atom. The van der Waals surface area contributed by atoms with Crippen molar-refractivity contribution in [2.45, 2.75) is 19.8 Å². The van der Waals surface area contributed by atoms with Crippen molar-refractivity contribution in [3.63, 3.8) is 0 Å². The van der Waals surface area contributed by atoms with Gasteiger partial charge < -0.3 is 5.73 Å². The summed E-state index contributed by atoms with van der Waals surface area (Å²) < 4.78 is 27.0. The molecule has 16 heavy (non-hydrogen) atoms. The Balaban J connectivity index is 2.47. The predicted octanol–water partition coefficient (Wildman–Crippen LogP) is 3.32. The molecule has 1 aliphatic rings. The molecule has 0 radical (unpaired) electrons. The minimum absolute atomic E-state index is 0.0827. The maximum Gasteiger partial charge on any atom is 0.142 e. The van der Waals surface area contributed by atoms with Crippen molar-refractivity contribution in [3.8, 4) is 0 Å². The van der Waals surface area contributed by atoms with E-state index in [9.17, 15) is 8.78 Å². The largest absolute Gasteiger partial charge is 0.330 e. The smallest absolute Gasteiger partial charge is 0.142 e. The van der Waals surface area contributed by atoms with E-state index in [0.29, 0.717) is 6.54 Å². The monoisotopic (exact) mass is 245 g/mol. The van der Waals surface area contributed by atoms with Gasteiger partial charge in [0.15, 0.2) is 0 Å². The summed E-state index contributed by atoms with van der Waals surface area (Å²) in [4.78, 5) is 0. The highest BCUT2D eigenvalue weighted by molar-refractivity contribution is 6.31. The molecule has 0 heterocycles. The minimum atomic E-state index is -0.573. The molecule has 1 aliphatic carbocycles. The highest BCUT2D eigenvalue weighted by Gasteiger charge is 2.58. The van der Waals surface area contributed by atoms with Gasteiger partial charge in [0.05, 0.1) is 5.02 Å². The topological polar surface area (TPSA) is 26.0 Å². The van der Waals surface area contributed by atoms with Gasteiger partial charge in [0.25, 0.3) is 0 Å². The summed E-state index contributed by atoms with van der Waals surface area (Å²) >= 11 is 5.83. The molecule has 88 valence electrons. The zero-order chi connectivity index (χ0) is 12.1. The van der Waals surface area contributed by atoms with Crippen molar-refractivity contribution in [1.82, 2.24) is 0 Å². The molecule has 1 fully saturated rings. The van der Waals surface area contributed by atoms with E-state index >= 15 is 0 Å². The molecule has 2 atom stereocenters. The molecule has 0 spiro atoms. The predicted molar refractivity (Wildman–Crippen MR) is 60.4 cm³/mol. The third-order valence-corrected chi connectivity index (χ3v) is 4.08. The van der Waals surface area contributed by atoms with Crippen LogP contribution in [0.3, 0.4) is 0 Å². The van der Waals surface area contributed by atoms with Crippen molar-refractivity contribution >= 4 is 11.6 Å². The maximum absolute atomic E-state index is 13.7. The second kappa shape index (κ2) is 3.67. The van der Waals surface area contributed by atoms with Crippen LogP contribution in [0.2, 0.25) is 5.02 Å². The second-order valence-corrected chi connectivity index (χ2v) is 5.28. The van der Waals surface area contributed by atoms with Crippen LogP contribution in [-0.2, 0) is 0 Å². The van der Waals surface area contributed by atoms with Crippen LogP contribution in [0.5, 0.6) is 0 Å². The summed E-state index contributed by atoms with van der Waals surface area (Å²) in [6, 6.07) is 2.17. The molecule has 1 aromatic rings. The first-order valence-electron chi connectivity index (χ1n) is 5.24. The van der Waals surface area contributed by atoms with Gasteiger partial charge >= 0.3 is 0 Å². The summed E-state index contributed by atoms with van der Waals surface area (Å²) in [7, 11) is 0. The molecule has 1 nitrogen and oxygen atoms in total. The lowest BCUT2D eigenvalue weighted by Crippen LogP contribution is -2.05. The van der Waals surface area contributed by atoms with Crippen molar-refractivity contribution in [1.29, 1.82) is 0 Å². The number of hydrogen-bond acceptors (Lipinski definition) is 1. The van der Waals surface area contributed by atoms with Crippen LogP contribution in [0.25, 0.3) is 0 Å². The number of halogens is 3. The van der Waals surface area contributed by atoms with E-state index in [0.717, 1.165) is 12.1 Å². The Bertz CT molecular complexity index is 431. The first kappa shape index (κ1) is 11.8. The van der Waals surface area contributed by atoms with Gasteiger partial charge in [0.2, 0.25) is 0 Å². The van der Waals surface area contributed by atoms with Gasteiger partial charge in [-0.05, 0) is 35.9 Å². The van der Waals surface area contributed by atoms with Gasteiger partial charge in [-0.2, -0.15) is 0 Å². The summed E-state index contributed by atoms with van der Waals surface area (Å²) in [6.07, 6.45) is 0. The van der Waals surface area contributed by atoms with Gasteiger partial charge in [-0.1, -0.05) is 25.4 Å². The van der Waals surface area contributed by atoms with Gasteiger partial charge in [-0.15, -0.1) is 0 Å². The molecule has 0 unspecified atom stereocenters. The molecule has 2 rings (SSSR count).